The molecule has 3 rings (SSSR count). The summed E-state index contributed by atoms with van der Waals surface area (Å²) in [5.41, 5.74) is 2.45. The van der Waals surface area contributed by atoms with Crippen LogP contribution in [-0.4, -0.2) is 36.6 Å². The summed E-state index contributed by atoms with van der Waals surface area (Å²) in [6.45, 7) is 4.77. The van der Waals surface area contributed by atoms with Crippen molar-refractivity contribution < 1.29 is 4.79 Å². The first-order chi connectivity index (χ1) is 9.22. The zero-order chi connectivity index (χ0) is 13.2. The summed E-state index contributed by atoms with van der Waals surface area (Å²) in [7, 11) is 0. The molecule has 0 bridgehead atoms. The summed E-state index contributed by atoms with van der Waals surface area (Å²) in [4.78, 5) is 13.9. The monoisotopic (exact) mass is 259 g/mol. The molecular formula is C15H21N3O. The molecule has 2 fully saturated rings. The Bertz CT molecular complexity index is 451. The van der Waals surface area contributed by atoms with Gasteiger partial charge in [-0.25, -0.2) is 4.79 Å². The first-order valence-electron chi connectivity index (χ1n) is 7.08. The van der Waals surface area contributed by atoms with Gasteiger partial charge in [-0.2, -0.15) is 0 Å². The molecule has 0 radical (unpaired) electrons. The van der Waals surface area contributed by atoms with E-state index in [9.17, 15) is 4.79 Å². The normalized spacial score (nSPS) is 26.8. The SMILES string of the molecule is Cc1ccc(C2CN(CC3CCCN3)C(=O)N2)cc1. The number of amides is 2. The molecule has 2 amide bonds. The van der Waals surface area contributed by atoms with Gasteiger partial charge in [0.15, 0.2) is 0 Å². The van der Waals surface area contributed by atoms with E-state index in [2.05, 4.69) is 41.8 Å². The third-order valence-corrected chi connectivity index (χ3v) is 4.07. The van der Waals surface area contributed by atoms with Crippen molar-refractivity contribution in [2.45, 2.75) is 31.8 Å². The van der Waals surface area contributed by atoms with Gasteiger partial charge in [0.1, 0.15) is 0 Å². The number of nitrogens with zero attached hydrogens (tertiary/aromatic N) is 1. The van der Waals surface area contributed by atoms with Gasteiger partial charge in [-0.3, -0.25) is 0 Å². The van der Waals surface area contributed by atoms with Gasteiger partial charge >= 0.3 is 6.03 Å². The van der Waals surface area contributed by atoms with Gasteiger partial charge in [0.05, 0.1) is 6.04 Å². The quantitative estimate of drug-likeness (QED) is 0.869. The fourth-order valence-electron chi connectivity index (χ4n) is 2.91. The van der Waals surface area contributed by atoms with Crippen molar-refractivity contribution in [2.75, 3.05) is 19.6 Å². The lowest BCUT2D eigenvalue weighted by Gasteiger charge is -2.19. The predicted molar refractivity (Wildman–Crippen MR) is 75.0 cm³/mol. The second-order valence-corrected chi connectivity index (χ2v) is 5.61. The van der Waals surface area contributed by atoms with Crippen molar-refractivity contribution in [2.24, 2.45) is 0 Å². The maximum absolute atomic E-state index is 12.0. The van der Waals surface area contributed by atoms with Crippen LogP contribution in [0.2, 0.25) is 0 Å². The maximum atomic E-state index is 12.0. The van der Waals surface area contributed by atoms with Gasteiger partial charge < -0.3 is 15.5 Å². The van der Waals surface area contributed by atoms with E-state index in [1.165, 1.54) is 24.0 Å². The lowest BCUT2D eigenvalue weighted by Crippen LogP contribution is -2.39. The van der Waals surface area contributed by atoms with E-state index in [0.717, 1.165) is 19.6 Å². The fraction of sp³-hybridized carbons (Fsp3) is 0.533. The molecule has 1 aromatic rings. The summed E-state index contributed by atoms with van der Waals surface area (Å²) in [6, 6.07) is 9.09. The molecule has 0 aliphatic carbocycles. The Balaban J connectivity index is 1.63. The Morgan fingerprint density at radius 3 is 2.79 bits per heavy atom. The van der Waals surface area contributed by atoms with Gasteiger partial charge in [0.25, 0.3) is 0 Å². The standard InChI is InChI=1S/C15H21N3O/c1-11-4-6-12(7-5-11)14-10-18(15(19)17-14)9-13-3-2-8-16-13/h4-7,13-14,16H,2-3,8-10H2,1H3,(H,17,19). The maximum Gasteiger partial charge on any atom is 0.318 e. The number of benzene rings is 1. The minimum absolute atomic E-state index is 0.0688. The highest BCUT2D eigenvalue weighted by atomic mass is 16.2. The van der Waals surface area contributed by atoms with Crippen molar-refractivity contribution >= 4 is 6.03 Å². The minimum Gasteiger partial charge on any atom is -0.329 e. The molecule has 19 heavy (non-hydrogen) atoms. The number of urea groups is 1. The zero-order valence-corrected chi connectivity index (χ0v) is 11.4. The molecule has 2 atom stereocenters. The zero-order valence-electron chi connectivity index (χ0n) is 11.4. The van der Waals surface area contributed by atoms with Gasteiger partial charge in [0, 0.05) is 19.1 Å². The van der Waals surface area contributed by atoms with Crippen LogP contribution < -0.4 is 10.6 Å². The van der Waals surface area contributed by atoms with Crippen molar-refractivity contribution in [1.82, 2.24) is 15.5 Å². The Hall–Kier alpha value is -1.55. The molecule has 2 aliphatic rings. The van der Waals surface area contributed by atoms with E-state index >= 15 is 0 Å². The van der Waals surface area contributed by atoms with Crippen LogP contribution in [0.1, 0.15) is 30.0 Å². The Labute approximate surface area is 114 Å². The molecule has 1 aromatic carbocycles. The molecule has 4 nitrogen and oxygen atoms in total. The number of carbonyl (C=O) groups excluding carboxylic acids is 1. The van der Waals surface area contributed by atoms with Crippen LogP contribution in [0.25, 0.3) is 0 Å². The third kappa shape index (κ3) is 2.73. The molecule has 2 unspecified atom stereocenters. The first kappa shape index (κ1) is 12.5. The summed E-state index contributed by atoms with van der Waals surface area (Å²) >= 11 is 0. The number of nitrogens with one attached hydrogen (secondary N) is 2. The van der Waals surface area contributed by atoms with Crippen LogP contribution in [0, 0.1) is 6.92 Å². The lowest BCUT2D eigenvalue weighted by molar-refractivity contribution is 0.213. The highest BCUT2D eigenvalue weighted by molar-refractivity contribution is 5.77. The summed E-state index contributed by atoms with van der Waals surface area (Å²) < 4.78 is 0. The van der Waals surface area contributed by atoms with Crippen LogP contribution in [0.4, 0.5) is 4.79 Å². The number of hydrogen-bond donors (Lipinski definition) is 2. The fourth-order valence-corrected chi connectivity index (χ4v) is 2.91. The van der Waals surface area contributed by atoms with Gasteiger partial charge in [-0.15, -0.1) is 0 Å². The average molecular weight is 259 g/mol. The van der Waals surface area contributed by atoms with E-state index in [1.54, 1.807) is 0 Å². The number of hydrogen-bond acceptors (Lipinski definition) is 2. The first-order valence-corrected chi connectivity index (χ1v) is 7.08. The topological polar surface area (TPSA) is 44.4 Å². The number of aryl methyl sites for hydroxylation is 1. The van der Waals surface area contributed by atoms with E-state index in [1.807, 2.05) is 4.90 Å². The highest BCUT2D eigenvalue weighted by Crippen LogP contribution is 2.21. The van der Waals surface area contributed by atoms with Crippen LogP contribution in [0.5, 0.6) is 0 Å². The van der Waals surface area contributed by atoms with E-state index in [-0.39, 0.29) is 12.1 Å². The van der Waals surface area contributed by atoms with Crippen molar-refractivity contribution in [3.05, 3.63) is 35.4 Å². The second-order valence-electron chi connectivity index (χ2n) is 5.61. The highest BCUT2D eigenvalue weighted by Gasteiger charge is 2.31. The molecule has 0 spiro atoms. The van der Waals surface area contributed by atoms with Crippen LogP contribution >= 0.6 is 0 Å². The largest absolute Gasteiger partial charge is 0.329 e. The molecule has 2 aliphatic heterocycles. The average Bonchev–Trinajstić information content (AvgIpc) is 3.02. The Morgan fingerprint density at radius 2 is 2.11 bits per heavy atom. The predicted octanol–water partition coefficient (Wildman–Crippen LogP) is 1.81. The molecule has 2 N–H and O–H groups in total. The van der Waals surface area contributed by atoms with Gasteiger partial charge in [0.2, 0.25) is 0 Å². The summed E-state index contributed by atoms with van der Waals surface area (Å²) in [5, 5.41) is 6.52. The second kappa shape index (κ2) is 5.21. The molecule has 102 valence electrons. The smallest absolute Gasteiger partial charge is 0.318 e. The molecule has 0 saturated carbocycles. The minimum atomic E-state index is 0.0688. The molecule has 2 saturated heterocycles. The molecule has 2 heterocycles. The van der Waals surface area contributed by atoms with Crippen molar-refractivity contribution in [1.29, 1.82) is 0 Å². The lowest BCUT2D eigenvalue weighted by atomic mass is 10.1. The van der Waals surface area contributed by atoms with E-state index in [0.29, 0.717) is 6.04 Å². The van der Waals surface area contributed by atoms with E-state index in [4.69, 9.17) is 0 Å². The summed E-state index contributed by atoms with van der Waals surface area (Å²) in [6.07, 6.45) is 2.40. The Kier molecular flexibility index (Phi) is 3.42. The van der Waals surface area contributed by atoms with Crippen LogP contribution in [0.15, 0.2) is 24.3 Å². The van der Waals surface area contributed by atoms with Crippen molar-refractivity contribution in [3.63, 3.8) is 0 Å². The van der Waals surface area contributed by atoms with E-state index < -0.39 is 0 Å². The van der Waals surface area contributed by atoms with Crippen LogP contribution in [-0.2, 0) is 0 Å². The Morgan fingerprint density at radius 1 is 1.32 bits per heavy atom. The van der Waals surface area contributed by atoms with Crippen molar-refractivity contribution in [3.8, 4) is 0 Å². The van der Waals surface area contributed by atoms with Gasteiger partial charge in [-0.1, -0.05) is 29.8 Å². The summed E-state index contributed by atoms with van der Waals surface area (Å²) in [5.74, 6) is 0. The number of rotatable bonds is 3. The van der Waals surface area contributed by atoms with Gasteiger partial charge in [-0.05, 0) is 31.9 Å². The number of carbonyl (C=O) groups is 1. The van der Waals surface area contributed by atoms with Crippen LogP contribution in [0.3, 0.4) is 0 Å². The third-order valence-electron chi connectivity index (χ3n) is 4.07. The molecule has 4 heteroatoms. The molecule has 0 aromatic heterocycles. The molecular weight excluding hydrogens is 238 g/mol.